The molecule has 2 aromatic carbocycles. The van der Waals surface area contributed by atoms with Gasteiger partial charge in [-0.15, -0.1) is 0 Å². The zero-order valence-electron chi connectivity index (χ0n) is 14.7. The van der Waals surface area contributed by atoms with Crippen molar-refractivity contribution in [3.8, 4) is 0 Å². The number of rotatable bonds is 5. The summed E-state index contributed by atoms with van der Waals surface area (Å²) in [4.78, 5) is 26.9. The number of nitrogens with zero attached hydrogens (tertiary/aromatic N) is 1. The molecular formula is C20H22N2O4. The predicted molar refractivity (Wildman–Crippen MR) is 99.8 cm³/mol. The van der Waals surface area contributed by atoms with Crippen LogP contribution in [0.3, 0.4) is 0 Å². The summed E-state index contributed by atoms with van der Waals surface area (Å²) in [6.07, 6.45) is 0. The third-order valence-corrected chi connectivity index (χ3v) is 4.14. The molecule has 6 heteroatoms. The van der Waals surface area contributed by atoms with Crippen LogP contribution in [-0.4, -0.2) is 44.8 Å². The predicted octanol–water partition coefficient (Wildman–Crippen LogP) is 2.95. The minimum atomic E-state index is -0.398. The fourth-order valence-corrected chi connectivity index (χ4v) is 2.86. The third kappa shape index (κ3) is 4.21. The van der Waals surface area contributed by atoms with E-state index in [9.17, 15) is 9.59 Å². The van der Waals surface area contributed by atoms with E-state index in [1.807, 2.05) is 12.1 Å². The maximum absolute atomic E-state index is 12.4. The first-order chi connectivity index (χ1) is 12.7. The molecule has 0 aliphatic carbocycles. The number of esters is 1. The number of carbonyl (C=O) groups excluding carboxylic acids is 2. The number of carbonyl (C=O) groups is 2. The van der Waals surface area contributed by atoms with Crippen molar-refractivity contribution in [1.82, 2.24) is 0 Å². The van der Waals surface area contributed by atoms with Crippen molar-refractivity contribution < 1.29 is 19.1 Å². The Kier molecular flexibility index (Phi) is 5.86. The Morgan fingerprint density at radius 2 is 1.85 bits per heavy atom. The van der Waals surface area contributed by atoms with Gasteiger partial charge in [0.2, 0.25) is 0 Å². The fraction of sp³-hybridized carbons (Fsp3) is 0.300. The van der Waals surface area contributed by atoms with E-state index in [0.717, 1.165) is 5.69 Å². The smallest absolute Gasteiger partial charge is 0.340 e. The van der Waals surface area contributed by atoms with Crippen molar-refractivity contribution in [3.63, 3.8) is 0 Å². The number of amides is 1. The van der Waals surface area contributed by atoms with Crippen LogP contribution in [0, 0.1) is 0 Å². The Morgan fingerprint density at radius 1 is 1.12 bits per heavy atom. The first-order valence-corrected chi connectivity index (χ1v) is 8.69. The van der Waals surface area contributed by atoms with Crippen molar-refractivity contribution in [2.75, 3.05) is 43.1 Å². The molecule has 0 saturated carbocycles. The van der Waals surface area contributed by atoms with Crippen molar-refractivity contribution in [1.29, 1.82) is 0 Å². The molecule has 1 amide bonds. The van der Waals surface area contributed by atoms with E-state index in [-0.39, 0.29) is 5.91 Å². The second-order valence-electron chi connectivity index (χ2n) is 5.87. The third-order valence-electron chi connectivity index (χ3n) is 4.14. The lowest BCUT2D eigenvalue weighted by atomic mass is 10.1. The molecule has 1 N–H and O–H groups in total. The molecule has 1 fully saturated rings. The van der Waals surface area contributed by atoms with Crippen LogP contribution in [0.5, 0.6) is 0 Å². The summed E-state index contributed by atoms with van der Waals surface area (Å²) < 4.78 is 10.6. The van der Waals surface area contributed by atoms with Crippen molar-refractivity contribution in [3.05, 3.63) is 59.7 Å². The average Bonchev–Trinajstić information content (AvgIpc) is 2.69. The summed E-state index contributed by atoms with van der Waals surface area (Å²) in [7, 11) is 0. The van der Waals surface area contributed by atoms with Gasteiger partial charge in [-0.2, -0.15) is 0 Å². The molecular weight excluding hydrogens is 332 g/mol. The zero-order valence-corrected chi connectivity index (χ0v) is 14.7. The van der Waals surface area contributed by atoms with Crippen LogP contribution >= 0.6 is 0 Å². The summed E-state index contributed by atoms with van der Waals surface area (Å²) in [6, 6.07) is 14.3. The molecule has 0 radical (unpaired) electrons. The van der Waals surface area contributed by atoms with Crippen LogP contribution in [0.1, 0.15) is 27.6 Å². The first kappa shape index (κ1) is 17.9. The Hall–Kier alpha value is -2.86. The molecule has 3 rings (SSSR count). The van der Waals surface area contributed by atoms with Crippen LogP contribution in [0.25, 0.3) is 0 Å². The Labute approximate surface area is 152 Å². The van der Waals surface area contributed by atoms with Gasteiger partial charge in [0.25, 0.3) is 5.91 Å². The molecule has 1 saturated heterocycles. The molecule has 26 heavy (non-hydrogen) atoms. The van der Waals surface area contributed by atoms with Gasteiger partial charge in [0.15, 0.2) is 0 Å². The lowest BCUT2D eigenvalue weighted by Gasteiger charge is -2.30. The lowest BCUT2D eigenvalue weighted by molar-refractivity contribution is 0.0526. The number of hydrogen-bond acceptors (Lipinski definition) is 5. The molecule has 1 heterocycles. The minimum Gasteiger partial charge on any atom is -0.462 e. The van der Waals surface area contributed by atoms with Gasteiger partial charge in [-0.1, -0.05) is 18.2 Å². The highest BCUT2D eigenvalue weighted by Crippen LogP contribution is 2.26. The van der Waals surface area contributed by atoms with Crippen molar-refractivity contribution in [2.45, 2.75) is 6.92 Å². The molecule has 0 aromatic heterocycles. The SMILES string of the molecule is CCOC(=O)c1cc(NC(=O)c2ccccc2)ccc1N1CCOCC1. The molecule has 0 spiro atoms. The summed E-state index contributed by atoms with van der Waals surface area (Å²) in [5, 5.41) is 2.84. The van der Waals surface area contributed by atoms with Crippen molar-refractivity contribution in [2.24, 2.45) is 0 Å². The van der Waals surface area contributed by atoms with Gasteiger partial charge in [-0.25, -0.2) is 4.79 Å². The highest BCUT2D eigenvalue weighted by molar-refractivity contribution is 6.05. The van der Waals surface area contributed by atoms with Crippen molar-refractivity contribution >= 4 is 23.3 Å². The number of benzene rings is 2. The molecule has 6 nitrogen and oxygen atoms in total. The van der Waals surface area contributed by atoms with Crippen LogP contribution < -0.4 is 10.2 Å². The molecule has 1 aliphatic heterocycles. The fourth-order valence-electron chi connectivity index (χ4n) is 2.86. The molecule has 2 aromatic rings. The van der Waals surface area contributed by atoms with E-state index in [4.69, 9.17) is 9.47 Å². The normalized spacial score (nSPS) is 14.0. The summed E-state index contributed by atoms with van der Waals surface area (Å²) in [5.41, 5.74) is 2.35. The highest BCUT2D eigenvalue weighted by Gasteiger charge is 2.20. The van der Waals surface area contributed by atoms with Crippen LogP contribution in [0.15, 0.2) is 48.5 Å². The highest BCUT2D eigenvalue weighted by atomic mass is 16.5. The van der Waals surface area contributed by atoms with Gasteiger partial charge in [-0.05, 0) is 37.3 Å². The molecule has 1 aliphatic rings. The average molecular weight is 354 g/mol. The molecule has 0 unspecified atom stereocenters. The molecule has 0 bridgehead atoms. The molecule has 136 valence electrons. The van der Waals surface area contributed by atoms with Gasteiger partial charge in [0.1, 0.15) is 0 Å². The van der Waals surface area contributed by atoms with Gasteiger partial charge < -0.3 is 19.7 Å². The van der Waals surface area contributed by atoms with E-state index in [2.05, 4.69) is 10.2 Å². The Morgan fingerprint density at radius 3 is 2.54 bits per heavy atom. The van der Waals surface area contributed by atoms with Crippen LogP contribution in [-0.2, 0) is 9.47 Å². The first-order valence-electron chi connectivity index (χ1n) is 8.69. The second kappa shape index (κ2) is 8.49. The quantitative estimate of drug-likeness (QED) is 0.836. The monoisotopic (exact) mass is 354 g/mol. The van der Waals surface area contributed by atoms with E-state index in [1.54, 1.807) is 43.3 Å². The molecule has 0 atom stereocenters. The Balaban J connectivity index is 1.86. The van der Waals surface area contributed by atoms with Crippen LogP contribution in [0.2, 0.25) is 0 Å². The second-order valence-corrected chi connectivity index (χ2v) is 5.87. The summed E-state index contributed by atoms with van der Waals surface area (Å²) >= 11 is 0. The number of nitrogens with one attached hydrogen (secondary N) is 1. The lowest BCUT2D eigenvalue weighted by Crippen LogP contribution is -2.37. The maximum Gasteiger partial charge on any atom is 0.340 e. The maximum atomic E-state index is 12.4. The summed E-state index contributed by atoms with van der Waals surface area (Å²) in [6.45, 7) is 4.73. The van der Waals surface area contributed by atoms with Gasteiger partial charge in [0.05, 0.1) is 31.1 Å². The van der Waals surface area contributed by atoms with E-state index < -0.39 is 5.97 Å². The van der Waals surface area contributed by atoms with E-state index in [0.29, 0.717) is 49.7 Å². The number of morpholine rings is 1. The Bertz CT molecular complexity index is 771. The minimum absolute atomic E-state index is 0.223. The van der Waals surface area contributed by atoms with Gasteiger partial charge in [-0.3, -0.25) is 4.79 Å². The summed E-state index contributed by atoms with van der Waals surface area (Å²) in [5.74, 6) is -0.621. The topological polar surface area (TPSA) is 67.9 Å². The van der Waals surface area contributed by atoms with Gasteiger partial charge in [0, 0.05) is 24.3 Å². The standard InChI is InChI=1S/C20H22N2O4/c1-2-26-20(24)17-14-16(21-19(23)15-6-4-3-5-7-15)8-9-18(17)22-10-12-25-13-11-22/h3-9,14H,2,10-13H2,1H3,(H,21,23). The number of ether oxygens (including phenoxy) is 2. The largest absolute Gasteiger partial charge is 0.462 e. The van der Waals surface area contributed by atoms with Gasteiger partial charge >= 0.3 is 5.97 Å². The van der Waals surface area contributed by atoms with Crippen LogP contribution in [0.4, 0.5) is 11.4 Å². The van der Waals surface area contributed by atoms with E-state index >= 15 is 0 Å². The van der Waals surface area contributed by atoms with E-state index in [1.165, 1.54) is 0 Å². The number of hydrogen-bond donors (Lipinski definition) is 1. The number of anilines is 2. The zero-order chi connectivity index (χ0) is 18.4.